The van der Waals surface area contributed by atoms with Crippen LogP contribution in [0.25, 0.3) is 0 Å². The maximum atomic E-state index is 8.35. The first kappa shape index (κ1) is 7.92. The van der Waals surface area contributed by atoms with E-state index in [0.29, 0.717) is 6.61 Å². The molecule has 0 bridgehead atoms. The van der Waals surface area contributed by atoms with Crippen molar-refractivity contribution in [2.75, 3.05) is 13.2 Å². The Balaban J connectivity index is 2.53. The van der Waals surface area contributed by atoms with Gasteiger partial charge >= 0.3 is 0 Å². The fourth-order valence-corrected chi connectivity index (χ4v) is 0.642. The molecule has 2 nitrogen and oxygen atoms in total. The fraction of sp³-hybridized carbons (Fsp3) is 1.00. The summed E-state index contributed by atoms with van der Waals surface area (Å²) in [4.78, 5) is 0. The van der Waals surface area contributed by atoms with Crippen LogP contribution >= 0.6 is 0 Å². The summed E-state index contributed by atoms with van der Waals surface area (Å²) in [5.41, 5.74) is 3.72. The van der Waals surface area contributed by atoms with E-state index in [2.05, 4.69) is 5.73 Å². The summed E-state index contributed by atoms with van der Waals surface area (Å²) in [5.74, 6) is 0. The van der Waals surface area contributed by atoms with E-state index in [1.807, 2.05) is 0 Å². The minimum absolute atomic E-state index is 0.344. The summed E-state index contributed by atoms with van der Waals surface area (Å²) in [6.07, 6.45) is 4.55. The normalized spacial score (nSPS) is 9.75. The van der Waals surface area contributed by atoms with Gasteiger partial charge < -0.3 is 10.8 Å². The monoisotopic (exact) mass is 118 g/mol. The molecule has 4 N–H and O–H groups in total. The first-order valence-electron chi connectivity index (χ1n) is 3.32. The first-order valence-corrected chi connectivity index (χ1v) is 3.32. The lowest BCUT2D eigenvalue weighted by atomic mass is 10.2. The number of aliphatic hydroxyl groups excluding tert-OH is 1. The third-order valence-electron chi connectivity index (χ3n) is 1.16. The van der Waals surface area contributed by atoms with Crippen LogP contribution in [-0.2, 0) is 0 Å². The predicted molar refractivity (Wildman–Crippen MR) is 33.3 cm³/mol. The highest BCUT2D eigenvalue weighted by Crippen LogP contribution is 1.95. The molecule has 0 fully saturated rings. The maximum absolute atomic E-state index is 8.35. The topological polar surface area (TPSA) is 47.9 Å². The maximum Gasteiger partial charge on any atom is 0.0739 e. The van der Waals surface area contributed by atoms with Crippen LogP contribution in [0.1, 0.15) is 25.7 Å². The molecule has 2 heteroatoms. The number of aliphatic hydroxyl groups is 1. The molecule has 0 radical (unpaired) electrons. The smallest absolute Gasteiger partial charge is 0.0739 e. The molecule has 0 aromatic rings. The lowest BCUT2D eigenvalue weighted by Crippen LogP contribution is -2.50. The van der Waals surface area contributed by atoms with Crippen LogP contribution in [0.3, 0.4) is 0 Å². The molecule has 0 unspecified atom stereocenters. The number of unbranched alkanes of at least 4 members (excludes halogenated alkanes) is 3. The standard InChI is InChI=1S/C6H15NO/c7-5-3-1-2-4-6-8/h8H,1-7H2/p+1. The lowest BCUT2D eigenvalue weighted by molar-refractivity contribution is -0.368. The van der Waals surface area contributed by atoms with E-state index in [1.165, 1.54) is 12.8 Å². The van der Waals surface area contributed by atoms with Gasteiger partial charge in [-0.15, -0.1) is 0 Å². The Kier molecular flexibility index (Phi) is 6.85. The van der Waals surface area contributed by atoms with Crippen molar-refractivity contribution in [2.24, 2.45) is 0 Å². The molecule has 0 amide bonds. The third-order valence-corrected chi connectivity index (χ3v) is 1.16. The Morgan fingerprint density at radius 1 is 1.00 bits per heavy atom. The zero-order chi connectivity index (χ0) is 6.24. The van der Waals surface area contributed by atoms with Gasteiger partial charge in [0.05, 0.1) is 6.54 Å². The van der Waals surface area contributed by atoms with Crippen LogP contribution in [-0.4, -0.2) is 18.3 Å². The molecule has 0 spiro atoms. The second kappa shape index (κ2) is 6.92. The average Bonchev–Trinajstić information content (AvgIpc) is 1.81. The summed E-state index contributed by atoms with van der Waals surface area (Å²) in [6.45, 7) is 1.38. The van der Waals surface area contributed by atoms with Crippen molar-refractivity contribution in [1.29, 1.82) is 0 Å². The van der Waals surface area contributed by atoms with Crippen molar-refractivity contribution in [3.8, 4) is 0 Å². The van der Waals surface area contributed by atoms with Crippen LogP contribution in [0, 0.1) is 0 Å². The van der Waals surface area contributed by atoms with E-state index in [4.69, 9.17) is 5.11 Å². The van der Waals surface area contributed by atoms with Crippen LogP contribution in [0.15, 0.2) is 0 Å². The molecule has 0 aromatic carbocycles. The molecular weight excluding hydrogens is 102 g/mol. The molecule has 50 valence electrons. The second-order valence-corrected chi connectivity index (χ2v) is 1.99. The van der Waals surface area contributed by atoms with E-state index in [9.17, 15) is 0 Å². The summed E-state index contributed by atoms with van der Waals surface area (Å²) >= 11 is 0. The Bertz CT molecular complexity index is 33.5. The largest absolute Gasteiger partial charge is 0.396 e. The second-order valence-electron chi connectivity index (χ2n) is 1.99. The molecule has 0 rings (SSSR count). The van der Waals surface area contributed by atoms with Crippen LogP contribution in [0.4, 0.5) is 0 Å². The van der Waals surface area contributed by atoms with Gasteiger partial charge in [0.15, 0.2) is 0 Å². The number of hydrogen-bond acceptors (Lipinski definition) is 1. The molecule has 8 heavy (non-hydrogen) atoms. The van der Waals surface area contributed by atoms with Crippen molar-refractivity contribution in [2.45, 2.75) is 25.7 Å². The van der Waals surface area contributed by atoms with Gasteiger partial charge in [0.25, 0.3) is 0 Å². The molecule has 0 saturated carbocycles. The summed E-state index contributed by atoms with van der Waals surface area (Å²) in [7, 11) is 0. The SMILES string of the molecule is [NH3+]CCCCCCO. The van der Waals surface area contributed by atoms with E-state index >= 15 is 0 Å². The highest BCUT2D eigenvalue weighted by atomic mass is 16.2. The van der Waals surface area contributed by atoms with Crippen molar-refractivity contribution in [1.82, 2.24) is 0 Å². The third kappa shape index (κ3) is 5.92. The van der Waals surface area contributed by atoms with Crippen LogP contribution in [0.5, 0.6) is 0 Å². The Morgan fingerprint density at radius 2 is 1.62 bits per heavy atom. The highest BCUT2D eigenvalue weighted by Gasteiger charge is 1.85. The molecule has 0 aliphatic carbocycles. The zero-order valence-corrected chi connectivity index (χ0v) is 5.40. The van der Waals surface area contributed by atoms with E-state index in [-0.39, 0.29) is 0 Å². The Labute approximate surface area is 50.7 Å². The van der Waals surface area contributed by atoms with Gasteiger partial charge in [0, 0.05) is 6.61 Å². The predicted octanol–water partition coefficient (Wildman–Crippen LogP) is -0.219. The van der Waals surface area contributed by atoms with Gasteiger partial charge in [0.2, 0.25) is 0 Å². The molecule has 0 aliphatic rings. The lowest BCUT2D eigenvalue weighted by Gasteiger charge is -1.92. The molecule has 0 aromatic heterocycles. The summed E-state index contributed by atoms with van der Waals surface area (Å²) in [6, 6.07) is 0. The van der Waals surface area contributed by atoms with E-state index in [1.54, 1.807) is 0 Å². The minimum Gasteiger partial charge on any atom is -0.396 e. The average molecular weight is 118 g/mol. The Morgan fingerprint density at radius 3 is 2.12 bits per heavy atom. The van der Waals surface area contributed by atoms with Crippen molar-refractivity contribution >= 4 is 0 Å². The summed E-state index contributed by atoms with van der Waals surface area (Å²) < 4.78 is 0. The quantitative estimate of drug-likeness (QED) is 0.482. The number of quaternary nitrogens is 1. The van der Waals surface area contributed by atoms with Gasteiger partial charge in [-0.2, -0.15) is 0 Å². The summed E-state index contributed by atoms with van der Waals surface area (Å²) in [5, 5.41) is 8.35. The molecule has 0 atom stereocenters. The van der Waals surface area contributed by atoms with Crippen molar-refractivity contribution in [3.63, 3.8) is 0 Å². The van der Waals surface area contributed by atoms with Crippen LogP contribution < -0.4 is 5.73 Å². The van der Waals surface area contributed by atoms with Crippen LogP contribution in [0.2, 0.25) is 0 Å². The Hall–Kier alpha value is -0.0800. The number of rotatable bonds is 5. The first-order chi connectivity index (χ1) is 3.91. The highest BCUT2D eigenvalue weighted by molar-refractivity contribution is 4.38. The van der Waals surface area contributed by atoms with E-state index < -0.39 is 0 Å². The fourth-order valence-electron chi connectivity index (χ4n) is 0.642. The van der Waals surface area contributed by atoms with Crippen molar-refractivity contribution in [3.05, 3.63) is 0 Å². The molecule has 0 heterocycles. The molecule has 0 saturated heterocycles. The van der Waals surface area contributed by atoms with Gasteiger partial charge in [0.1, 0.15) is 0 Å². The zero-order valence-electron chi connectivity index (χ0n) is 5.40. The van der Waals surface area contributed by atoms with Gasteiger partial charge in [-0.05, 0) is 19.3 Å². The molecule has 0 aliphatic heterocycles. The van der Waals surface area contributed by atoms with E-state index in [0.717, 1.165) is 19.4 Å². The van der Waals surface area contributed by atoms with Gasteiger partial charge in [-0.3, -0.25) is 0 Å². The number of hydrogen-bond donors (Lipinski definition) is 2. The minimum atomic E-state index is 0.344. The molecular formula is C6H16NO+. The van der Waals surface area contributed by atoms with Crippen molar-refractivity contribution < 1.29 is 10.8 Å². The van der Waals surface area contributed by atoms with Gasteiger partial charge in [-0.1, -0.05) is 6.42 Å². The van der Waals surface area contributed by atoms with Gasteiger partial charge in [-0.25, -0.2) is 0 Å².